The van der Waals surface area contributed by atoms with Crippen LogP contribution in [0.4, 0.5) is 5.82 Å². The number of rotatable bonds is 4. The molecule has 0 bridgehead atoms. The number of aliphatic hydroxyl groups is 1. The third-order valence-corrected chi connectivity index (χ3v) is 3.44. The van der Waals surface area contributed by atoms with Gasteiger partial charge in [0.05, 0.1) is 6.61 Å². The van der Waals surface area contributed by atoms with E-state index in [1.807, 2.05) is 18.3 Å². The van der Waals surface area contributed by atoms with Crippen LogP contribution in [0.5, 0.6) is 0 Å². The zero-order chi connectivity index (χ0) is 16.3. The van der Waals surface area contributed by atoms with Crippen LogP contribution in [0, 0.1) is 0 Å². The maximum absolute atomic E-state index is 9.30. The highest BCUT2D eigenvalue weighted by Crippen LogP contribution is 2.36. The number of nitrogens with one attached hydrogen (secondary N) is 1. The van der Waals surface area contributed by atoms with Crippen molar-refractivity contribution in [2.24, 2.45) is 0 Å². The van der Waals surface area contributed by atoms with Gasteiger partial charge in [-0.2, -0.15) is 0 Å². The second kappa shape index (κ2) is 6.71. The van der Waals surface area contributed by atoms with E-state index in [1.54, 1.807) is 0 Å². The van der Waals surface area contributed by atoms with Gasteiger partial charge in [0.1, 0.15) is 11.0 Å². The maximum atomic E-state index is 9.30. The lowest BCUT2D eigenvalue weighted by molar-refractivity contribution is 0.267. The molecule has 1 aliphatic heterocycles. The Labute approximate surface area is 137 Å². The van der Waals surface area contributed by atoms with Gasteiger partial charge in [0.2, 0.25) is 0 Å². The first kappa shape index (κ1) is 16.8. The predicted molar refractivity (Wildman–Crippen MR) is 93.7 cm³/mol. The number of allylic oxidation sites excluding steroid dienone is 1. The Morgan fingerprint density at radius 1 is 1.41 bits per heavy atom. The van der Waals surface area contributed by atoms with E-state index in [0.717, 1.165) is 29.1 Å². The van der Waals surface area contributed by atoms with Crippen LogP contribution in [0.3, 0.4) is 0 Å². The molecule has 0 radical (unpaired) electrons. The molecule has 0 unspecified atom stereocenters. The van der Waals surface area contributed by atoms with Gasteiger partial charge < -0.3 is 15.3 Å². The molecule has 0 amide bonds. The Balaban J connectivity index is 2.59. The van der Waals surface area contributed by atoms with E-state index in [2.05, 4.69) is 49.0 Å². The van der Waals surface area contributed by atoms with E-state index < -0.39 is 0 Å². The predicted octanol–water partition coefficient (Wildman–Crippen LogP) is 3.97. The fourth-order valence-corrected chi connectivity index (χ4v) is 2.69. The summed E-state index contributed by atoms with van der Waals surface area (Å²) < 4.78 is 0. The Morgan fingerprint density at radius 2 is 2.14 bits per heavy atom. The first-order valence-electron chi connectivity index (χ1n) is 7.60. The molecular formula is C17H24ClN3O. The molecule has 1 aliphatic rings. The number of hydrogen-bond donors (Lipinski definition) is 2. The van der Waals surface area contributed by atoms with Crippen LogP contribution in [-0.2, 0) is 0 Å². The van der Waals surface area contributed by atoms with Gasteiger partial charge in [0, 0.05) is 29.5 Å². The van der Waals surface area contributed by atoms with Crippen molar-refractivity contribution in [3.8, 4) is 0 Å². The van der Waals surface area contributed by atoms with Crippen molar-refractivity contribution < 1.29 is 5.11 Å². The summed E-state index contributed by atoms with van der Waals surface area (Å²) >= 11 is 6.17. The summed E-state index contributed by atoms with van der Waals surface area (Å²) in [6, 6.07) is 1.88. The maximum Gasteiger partial charge on any atom is 0.138 e. The summed E-state index contributed by atoms with van der Waals surface area (Å²) in [5.74, 6) is 0.780. The van der Waals surface area contributed by atoms with Crippen molar-refractivity contribution in [3.63, 3.8) is 0 Å². The van der Waals surface area contributed by atoms with Gasteiger partial charge in [0.25, 0.3) is 0 Å². The SMILES string of the molecule is CC/C=C1/c2c(cc(Cl)nc2NC(C)(C)C)C=CN1CCO. The molecule has 0 saturated heterocycles. The summed E-state index contributed by atoms with van der Waals surface area (Å²) in [6.45, 7) is 9.03. The molecule has 0 aromatic carbocycles. The van der Waals surface area contributed by atoms with Gasteiger partial charge >= 0.3 is 0 Å². The molecule has 4 nitrogen and oxygen atoms in total. The van der Waals surface area contributed by atoms with E-state index in [1.165, 1.54) is 0 Å². The third kappa shape index (κ3) is 3.81. The van der Waals surface area contributed by atoms with Crippen LogP contribution in [0.2, 0.25) is 5.15 Å². The molecular weight excluding hydrogens is 298 g/mol. The number of pyridine rings is 1. The van der Waals surface area contributed by atoms with Gasteiger partial charge in [-0.25, -0.2) is 4.98 Å². The van der Waals surface area contributed by atoms with Crippen molar-refractivity contribution in [3.05, 3.63) is 34.6 Å². The topological polar surface area (TPSA) is 48.4 Å². The number of hydrogen-bond acceptors (Lipinski definition) is 4. The summed E-state index contributed by atoms with van der Waals surface area (Å²) in [7, 11) is 0. The summed E-state index contributed by atoms with van der Waals surface area (Å²) in [6.07, 6.45) is 7.06. The molecule has 1 aromatic heterocycles. The van der Waals surface area contributed by atoms with Crippen molar-refractivity contribution in [1.82, 2.24) is 9.88 Å². The van der Waals surface area contributed by atoms with Crippen molar-refractivity contribution in [1.29, 1.82) is 0 Å². The van der Waals surface area contributed by atoms with E-state index >= 15 is 0 Å². The number of aliphatic hydroxyl groups excluding tert-OH is 1. The van der Waals surface area contributed by atoms with Gasteiger partial charge in [0.15, 0.2) is 0 Å². The van der Waals surface area contributed by atoms with Crippen LogP contribution >= 0.6 is 11.6 Å². The van der Waals surface area contributed by atoms with Gasteiger partial charge in [-0.3, -0.25) is 0 Å². The standard InChI is InChI=1S/C17H24ClN3O/c1-5-6-13-15-12(7-8-21(13)9-10-22)11-14(18)19-16(15)20-17(2,3)4/h6-8,11,22H,5,9-10H2,1-4H3,(H,19,20)/b13-6-. The molecule has 0 fully saturated rings. The molecule has 2 N–H and O–H groups in total. The lowest BCUT2D eigenvalue weighted by Crippen LogP contribution is -2.29. The van der Waals surface area contributed by atoms with Crippen LogP contribution in [-0.4, -0.2) is 33.7 Å². The number of nitrogens with zero attached hydrogens (tertiary/aromatic N) is 2. The molecule has 2 heterocycles. The normalized spacial score (nSPS) is 16.1. The molecule has 5 heteroatoms. The highest BCUT2D eigenvalue weighted by molar-refractivity contribution is 6.29. The Bertz CT molecular complexity index is 603. The first-order chi connectivity index (χ1) is 10.4. The number of β-amino-alcohol motifs (C(OH)–C–C–N with tert-alkyl or cyclic N) is 1. The molecule has 0 spiro atoms. The van der Waals surface area contributed by atoms with Crippen molar-refractivity contribution in [2.75, 3.05) is 18.5 Å². The number of halogens is 1. The second-order valence-electron chi connectivity index (χ2n) is 6.36. The van der Waals surface area contributed by atoms with Gasteiger partial charge in [-0.15, -0.1) is 0 Å². The molecule has 0 saturated carbocycles. The lowest BCUT2D eigenvalue weighted by atomic mass is 9.99. The zero-order valence-electron chi connectivity index (χ0n) is 13.7. The number of anilines is 1. The fraction of sp³-hybridized carbons (Fsp3) is 0.471. The number of fused-ring (bicyclic) bond motifs is 1. The Morgan fingerprint density at radius 3 is 2.73 bits per heavy atom. The van der Waals surface area contributed by atoms with E-state index in [-0.39, 0.29) is 12.1 Å². The molecule has 1 aromatic rings. The monoisotopic (exact) mass is 321 g/mol. The van der Waals surface area contributed by atoms with Crippen molar-refractivity contribution in [2.45, 2.75) is 39.7 Å². The highest BCUT2D eigenvalue weighted by atomic mass is 35.5. The summed E-state index contributed by atoms with van der Waals surface area (Å²) in [5.41, 5.74) is 3.02. The third-order valence-electron chi connectivity index (χ3n) is 3.25. The minimum atomic E-state index is -0.119. The zero-order valence-corrected chi connectivity index (χ0v) is 14.4. The van der Waals surface area contributed by atoms with Crippen LogP contribution in [0.1, 0.15) is 45.2 Å². The molecule has 120 valence electrons. The first-order valence-corrected chi connectivity index (χ1v) is 7.98. The lowest BCUT2D eigenvalue weighted by Gasteiger charge is -2.31. The van der Waals surface area contributed by atoms with Crippen LogP contribution in [0.15, 0.2) is 18.3 Å². The fourth-order valence-electron chi connectivity index (χ4n) is 2.49. The highest BCUT2D eigenvalue weighted by Gasteiger charge is 2.24. The molecule has 0 atom stereocenters. The number of aromatic nitrogens is 1. The van der Waals surface area contributed by atoms with E-state index in [9.17, 15) is 5.11 Å². The second-order valence-corrected chi connectivity index (χ2v) is 6.75. The van der Waals surface area contributed by atoms with Gasteiger partial charge in [-0.05, 0) is 44.9 Å². The summed E-state index contributed by atoms with van der Waals surface area (Å²) in [5, 5.41) is 13.2. The molecule has 0 aliphatic carbocycles. The van der Waals surface area contributed by atoms with Gasteiger partial charge in [-0.1, -0.05) is 24.6 Å². The Kier molecular flexibility index (Phi) is 5.14. The molecule has 22 heavy (non-hydrogen) atoms. The van der Waals surface area contributed by atoms with E-state index in [0.29, 0.717) is 11.7 Å². The minimum Gasteiger partial charge on any atom is -0.395 e. The van der Waals surface area contributed by atoms with Crippen LogP contribution in [0.25, 0.3) is 11.8 Å². The van der Waals surface area contributed by atoms with E-state index in [4.69, 9.17) is 11.6 Å². The minimum absolute atomic E-state index is 0.101. The largest absolute Gasteiger partial charge is 0.395 e. The summed E-state index contributed by atoms with van der Waals surface area (Å²) in [4.78, 5) is 6.54. The molecule has 2 rings (SSSR count). The van der Waals surface area contributed by atoms with Crippen molar-refractivity contribution >= 4 is 29.2 Å². The Hall–Kier alpha value is -1.52. The smallest absolute Gasteiger partial charge is 0.138 e. The average Bonchev–Trinajstić information content (AvgIpc) is 2.39. The average molecular weight is 322 g/mol. The van der Waals surface area contributed by atoms with Crippen LogP contribution < -0.4 is 5.32 Å². The quantitative estimate of drug-likeness (QED) is 0.824.